The minimum atomic E-state index is -9.38. The van der Waals surface area contributed by atoms with Gasteiger partial charge in [-0.3, -0.25) is 4.55 Å². The van der Waals surface area contributed by atoms with Crippen LogP contribution in [0.15, 0.2) is 12.7 Å². The van der Waals surface area contributed by atoms with Gasteiger partial charge in [0.25, 0.3) is 0 Å². The van der Waals surface area contributed by atoms with Crippen LogP contribution in [0.25, 0.3) is 0 Å². The molecule has 0 saturated heterocycles. The fraction of sp³-hybridized carbons (Fsp3) is 0.846. The molecule has 4 nitrogen and oxygen atoms in total. The average Bonchev–Trinajstić information content (AvgIpc) is 2.70. The lowest BCUT2D eigenvalue weighted by Crippen LogP contribution is -2.77. The Morgan fingerprint density at radius 3 is 0.846 bits per heavy atom. The van der Waals surface area contributed by atoms with Gasteiger partial charge in [0.05, 0.1) is 0 Å². The van der Waals surface area contributed by atoms with Gasteiger partial charge in [-0.05, 0) is 0 Å². The maximum Gasteiger partial charge on any atom is 0.460 e. The topological polar surface area (TPSA) is 80.4 Å². The quantitative estimate of drug-likeness (QED) is 0.166. The zero-order chi connectivity index (χ0) is 32.9. The lowest BCUT2D eigenvalue weighted by atomic mass is 9.87. The number of hydrogen-bond acceptors (Lipinski definition) is 3. The maximum atomic E-state index is 13.3. The molecule has 0 bridgehead atoms. The summed E-state index contributed by atoms with van der Waals surface area (Å²) in [7, 11) is -8.09. The molecule has 0 aromatic rings. The second kappa shape index (κ2) is 10.2. The minimum absolute atomic E-state index is 0.583. The van der Waals surface area contributed by atoms with Crippen LogP contribution in [0.5, 0.6) is 0 Å². The minimum Gasteiger partial charge on any atom is -0.327 e. The molecule has 0 spiro atoms. The van der Waals surface area contributed by atoms with E-state index in [2.05, 4.69) is 6.58 Å². The summed E-state index contributed by atoms with van der Waals surface area (Å²) in [4.78, 5) is 0. The summed E-state index contributed by atoms with van der Waals surface area (Å²) in [5.41, 5.74) is 4.91. The molecule has 0 radical (unpaired) electrons. The summed E-state index contributed by atoms with van der Waals surface area (Å²) in [6.07, 6.45) is -6.43. The second-order valence-corrected chi connectivity index (χ2v) is 8.07. The molecule has 0 saturated carbocycles. The van der Waals surface area contributed by atoms with Crippen LogP contribution in [0.2, 0.25) is 0 Å². The predicted molar refractivity (Wildman–Crippen MR) is 81.4 cm³/mol. The molecular weight excluding hydrogens is 649 g/mol. The molecule has 0 atom stereocenters. The van der Waals surface area contributed by atoms with Gasteiger partial charge in [0, 0.05) is 6.54 Å². The van der Waals surface area contributed by atoms with Crippen LogP contribution in [0.3, 0.4) is 0 Å². The Morgan fingerprint density at radius 1 is 0.513 bits per heavy atom. The monoisotopic (exact) mass is 657 g/mol. The summed E-state index contributed by atoms with van der Waals surface area (Å²) in [5, 5.41) is -8.06. The smallest absolute Gasteiger partial charge is 0.327 e. The van der Waals surface area contributed by atoms with E-state index in [4.69, 9.17) is 10.3 Å². The van der Waals surface area contributed by atoms with Crippen molar-refractivity contribution in [3.8, 4) is 0 Å². The number of rotatable bonds is 10. The molecule has 0 aliphatic carbocycles. The van der Waals surface area contributed by atoms with Crippen LogP contribution in [0.1, 0.15) is 0 Å². The van der Waals surface area contributed by atoms with Crippen LogP contribution >= 0.6 is 0 Å². The first-order valence-electron chi connectivity index (χ1n) is 8.16. The van der Waals surface area contributed by atoms with Crippen molar-refractivity contribution in [3.63, 3.8) is 0 Å². The summed E-state index contributed by atoms with van der Waals surface area (Å²) in [6, 6.07) is 0. The number of nitrogens with two attached hydrogens (primary N) is 1. The highest BCUT2D eigenvalue weighted by molar-refractivity contribution is 7.87. The average molecular weight is 657 g/mol. The van der Waals surface area contributed by atoms with E-state index in [9.17, 15) is 101 Å². The van der Waals surface area contributed by atoms with Crippen molar-refractivity contribution in [2.75, 3.05) is 6.54 Å². The first-order chi connectivity index (χ1) is 16.4. The third-order valence-electron chi connectivity index (χ3n) is 3.97. The van der Waals surface area contributed by atoms with Gasteiger partial charge in [-0.25, -0.2) is 0 Å². The summed E-state index contributed by atoms with van der Waals surface area (Å²) >= 11 is 0. The third kappa shape index (κ3) is 5.30. The van der Waals surface area contributed by atoms with E-state index in [1.807, 2.05) is 0 Å². The van der Waals surface area contributed by atoms with Crippen LogP contribution in [-0.2, 0) is 10.1 Å². The predicted octanol–water partition coefficient (Wildman–Crippen LogP) is 6.24. The summed E-state index contributed by atoms with van der Waals surface area (Å²) in [5.74, 6) is -72.6. The summed E-state index contributed by atoms with van der Waals surface area (Å²) in [6.45, 7) is 3.94. The normalized spacial score (nSPS) is 16.0. The highest BCUT2D eigenvalue weighted by Gasteiger charge is 2.98. The van der Waals surface area contributed by atoms with E-state index in [0.29, 0.717) is 6.54 Å². The zero-order valence-electron chi connectivity index (χ0n) is 17.2. The van der Waals surface area contributed by atoms with Crippen molar-refractivity contribution >= 4 is 10.1 Å². The lowest BCUT2D eigenvalue weighted by Gasteiger charge is -2.44. The Morgan fingerprint density at radius 2 is 0.692 bits per heavy atom. The largest absolute Gasteiger partial charge is 0.460 e. The van der Waals surface area contributed by atoms with Crippen molar-refractivity contribution in [2.45, 2.75) is 58.8 Å². The molecule has 0 heterocycles. The van der Waals surface area contributed by atoms with E-state index in [1.54, 1.807) is 6.08 Å². The molecule has 0 amide bonds. The van der Waals surface area contributed by atoms with Gasteiger partial charge in [0.15, 0.2) is 0 Å². The van der Waals surface area contributed by atoms with Gasteiger partial charge in [-0.15, -0.1) is 6.58 Å². The van der Waals surface area contributed by atoms with Crippen molar-refractivity contribution in [3.05, 3.63) is 12.7 Å². The number of alkyl halides is 21. The van der Waals surface area contributed by atoms with E-state index in [-0.39, 0.29) is 0 Å². The summed E-state index contributed by atoms with van der Waals surface area (Å²) < 4.78 is 298. The van der Waals surface area contributed by atoms with Gasteiger partial charge in [-0.1, -0.05) is 6.08 Å². The SMILES string of the molecule is C=CCN.O=S(=O)(O)C(F)(F)C(F)(F)C(F)(F)C(F)(F)C(F)(F)C(F)(F)C(F)(F)C(F)(F)C(F)(F)C(F)(F)F. The van der Waals surface area contributed by atoms with E-state index in [1.165, 1.54) is 0 Å². The molecule has 3 N–H and O–H groups in total. The molecule has 0 fully saturated rings. The van der Waals surface area contributed by atoms with Crippen LogP contribution in [0, 0.1) is 0 Å². The Labute approximate surface area is 200 Å². The third-order valence-corrected chi connectivity index (χ3v) is 4.88. The van der Waals surface area contributed by atoms with Crippen LogP contribution in [0.4, 0.5) is 92.2 Å². The Kier molecular flexibility index (Phi) is 10.3. The lowest BCUT2D eigenvalue weighted by molar-refractivity contribution is -0.472. The highest BCUT2D eigenvalue weighted by Crippen LogP contribution is 2.66. The fourth-order valence-electron chi connectivity index (χ4n) is 1.71. The Balaban J connectivity index is 0. The molecule has 0 aromatic heterocycles. The molecule has 0 aromatic carbocycles. The first kappa shape index (κ1) is 39.3. The molecule has 0 unspecified atom stereocenters. The first-order valence-corrected chi connectivity index (χ1v) is 9.60. The number of halogens is 21. The standard InChI is InChI=1S/C10HF21O3S.C3H7N/c11-1(12,3(15,16)5(19,20)7(23,24)9(27,28)29)2(13,14)4(17,18)6(21,22)8(25,26)10(30,31)35(32,33)34;1-2-3-4/h(H,32,33,34);2H,1,3-4H2. The van der Waals surface area contributed by atoms with Crippen molar-refractivity contribution in [1.29, 1.82) is 0 Å². The zero-order valence-corrected chi connectivity index (χ0v) is 18.0. The number of hydrogen-bond donors (Lipinski definition) is 2. The van der Waals surface area contributed by atoms with Crippen LogP contribution in [-0.4, -0.2) is 78.3 Å². The second-order valence-electron chi connectivity index (χ2n) is 6.61. The van der Waals surface area contributed by atoms with Crippen molar-refractivity contribution in [2.24, 2.45) is 5.73 Å². The Hall–Kier alpha value is -1.86. The Bertz CT molecular complexity index is 984. The van der Waals surface area contributed by atoms with Crippen molar-refractivity contribution < 1.29 is 105 Å². The van der Waals surface area contributed by atoms with E-state index >= 15 is 0 Å². The highest BCUT2D eigenvalue weighted by atomic mass is 32.2. The molecule has 39 heavy (non-hydrogen) atoms. The molecule has 26 heteroatoms. The fourth-order valence-corrected chi connectivity index (χ4v) is 2.16. The van der Waals surface area contributed by atoms with Gasteiger partial charge in [-0.2, -0.15) is 101 Å². The van der Waals surface area contributed by atoms with E-state index in [0.717, 1.165) is 0 Å². The van der Waals surface area contributed by atoms with Gasteiger partial charge >= 0.3 is 68.9 Å². The van der Waals surface area contributed by atoms with Crippen molar-refractivity contribution in [1.82, 2.24) is 0 Å². The molecule has 236 valence electrons. The maximum absolute atomic E-state index is 13.3. The molecular formula is C13H8F21NO3S. The van der Waals surface area contributed by atoms with Gasteiger partial charge in [0.2, 0.25) is 0 Å². The molecule has 0 aliphatic heterocycles. The molecule has 0 aliphatic rings. The van der Waals surface area contributed by atoms with E-state index < -0.39 is 68.9 Å². The molecule has 0 rings (SSSR count). The van der Waals surface area contributed by atoms with Crippen LogP contribution < -0.4 is 5.73 Å². The van der Waals surface area contributed by atoms with Gasteiger partial charge < -0.3 is 5.73 Å². The van der Waals surface area contributed by atoms with Gasteiger partial charge in [0.1, 0.15) is 0 Å².